The summed E-state index contributed by atoms with van der Waals surface area (Å²) >= 11 is 0. The number of fused-ring (bicyclic) bond motifs is 1. The molecule has 0 saturated carbocycles. The van der Waals surface area contributed by atoms with Crippen molar-refractivity contribution in [3.05, 3.63) is 54.2 Å². The molecule has 4 nitrogen and oxygen atoms in total. The fourth-order valence-corrected chi connectivity index (χ4v) is 3.97. The quantitative estimate of drug-likeness (QED) is 0.356. The Labute approximate surface area is 176 Å². The van der Waals surface area contributed by atoms with Gasteiger partial charge < -0.3 is 9.74 Å². The molecule has 0 spiro atoms. The maximum absolute atomic E-state index is 12.9. The topological polar surface area (TPSA) is 39.1 Å². The van der Waals surface area contributed by atoms with Gasteiger partial charge >= 0.3 is 6.18 Å². The summed E-state index contributed by atoms with van der Waals surface area (Å²) in [6.45, 7) is 12.1. The summed E-state index contributed by atoms with van der Waals surface area (Å²) in [5, 5.41) is 4.41. The molecule has 0 aliphatic heterocycles. The van der Waals surface area contributed by atoms with Crippen LogP contribution in [0.15, 0.2) is 48.7 Å². The van der Waals surface area contributed by atoms with Gasteiger partial charge in [0.1, 0.15) is 11.5 Å². The van der Waals surface area contributed by atoms with Gasteiger partial charge in [-0.3, -0.25) is 4.57 Å². The highest BCUT2D eigenvalue weighted by molar-refractivity contribution is 6.74. The molecular formula is C22H28F3N3OSi. The Morgan fingerprint density at radius 2 is 1.73 bits per heavy atom. The number of benzene rings is 1. The number of nitrogens with zero attached hydrogens (tertiary/aromatic N) is 2. The SMILES string of the molecule is CC(C)(C)[Si](C)(C)OCCNc1cc2cccnc2n1-c1ccc(C(F)(F)F)cc1. The van der Waals surface area contributed by atoms with Gasteiger partial charge in [-0.2, -0.15) is 13.2 Å². The lowest BCUT2D eigenvalue weighted by Crippen LogP contribution is -2.41. The highest BCUT2D eigenvalue weighted by Crippen LogP contribution is 2.36. The molecule has 0 radical (unpaired) electrons. The Kier molecular flexibility index (Phi) is 6.02. The Morgan fingerprint density at radius 1 is 1.07 bits per heavy atom. The van der Waals surface area contributed by atoms with Gasteiger partial charge in [-0.25, -0.2) is 4.98 Å². The lowest BCUT2D eigenvalue weighted by atomic mass is 10.2. The number of halogens is 3. The van der Waals surface area contributed by atoms with Crippen LogP contribution in [0.1, 0.15) is 26.3 Å². The van der Waals surface area contributed by atoms with Crippen LogP contribution < -0.4 is 5.32 Å². The van der Waals surface area contributed by atoms with Crippen LogP contribution in [-0.4, -0.2) is 31.0 Å². The van der Waals surface area contributed by atoms with Crippen molar-refractivity contribution in [3.63, 3.8) is 0 Å². The Balaban J connectivity index is 1.84. The molecule has 1 N–H and O–H groups in total. The number of nitrogens with one attached hydrogen (secondary N) is 1. The second-order valence-corrected chi connectivity index (χ2v) is 13.7. The van der Waals surface area contributed by atoms with Gasteiger partial charge in [0.05, 0.1) is 12.2 Å². The number of rotatable bonds is 6. The van der Waals surface area contributed by atoms with Crippen molar-refractivity contribution in [3.8, 4) is 5.69 Å². The molecule has 0 atom stereocenters. The number of alkyl halides is 3. The maximum atomic E-state index is 12.9. The van der Waals surface area contributed by atoms with Crippen molar-refractivity contribution in [1.82, 2.24) is 9.55 Å². The number of anilines is 1. The van der Waals surface area contributed by atoms with Crippen LogP contribution in [0.2, 0.25) is 18.1 Å². The first-order valence-corrected chi connectivity index (χ1v) is 12.8. The van der Waals surface area contributed by atoms with E-state index in [9.17, 15) is 13.2 Å². The monoisotopic (exact) mass is 435 g/mol. The number of hydrogen-bond acceptors (Lipinski definition) is 3. The predicted octanol–water partition coefficient (Wildman–Crippen LogP) is 6.48. The van der Waals surface area contributed by atoms with E-state index in [0.29, 0.717) is 24.5 Å². The van der Waals surface area contributed by atoms with Gasteiger partial charge in [0.15, 0.2) is 8.32 Å². The van der Waals surface area contributed by atoms with E-state index in [0.717, 1.165) is 23.3 Å². The van der Waals surface area contributed by atoms with Crippen LogP contribution >= 0.6 is 0 Å². The van der Waals surface area contributed by atoms with Gasteiger partial charge in [0.2, 0.25) is 0 Å². The molecule has 2 aromatic heterocycles. The van der Waals surface area contributed by atoms with Gasteiger partial charge in [-0.1, -0.05) is 20.8 Å². The summed E-state index contributed by atoms with van der Waals surface area (Å²) in [4.78, 5) is 4.43. The zero-order valence-electron chi connectivity index (χ0n) is 18.0. The molecule has 0 aliphatic rings. The smallest absolute Gasteiger partial charge is 0.415 e. The fourth-order valence-electron chi connectivity index (χ4n) is 2.93. The third-order valence-corrected chi connectivity index (χ3v) is 10.2. The molecular weight excluding hydrogens is 407 g/mol. The predicted molar refractivity (Wildman–Crippen MR) is 118 cm³/mol. The summed E-state index contributed by atoms with van der Waals surface area (Å²) in [7, 11) is -1.84. The van der Waals surface area contributed by atoms with Crippen LogP contribution in [0.4, 0.5) is 19.0 Å². The minimum atomic E-state index is -4.36. The van der Waals surface area contributed by atoms with Crippen LogP contribution in [0.25, 0.3) is 16.7 Å². The second-order valence-electron chi connectivity index (χ2n) is 8.86. The zero-order chi connectivity index (χ0) is 22.2. The normalized spacial score (nSPS) is 13.1. The van der Waals surface area contributed by atoms with Crippen molar-refractivity contribution in [2.24, 2.45) is 0 Å². The summed E-state index contributed by atoms with van der Waals surface area (Å²) in [6, 6.07) is 10.8. The van der Waals surface area contributed by atoms with Gasteiger partial charge in [0, 0.05) is 23.8 Å². The van der Waals surface area contributed by atoms with Gasteiger partial charge in [-0.05, 0) is 60.6 Å². The molecule has 2 heterocycles. The van der Waals surface area contributed by atoms with Crippen LogP contribution in [0.5, 0.6) is 0 Å². The molecule has 3 rings (SSSR count). The van der Waals surface area contributed by atoms with Gasteiger partial charge in [0.25, 0.3) is 0 Å². The molecule has 30 heavy (non-hydrogen) atoms. The van der Waals surface area contributed by atoms with E-state index in [1.165, 1.54) is 12.1 Å². The first kappa shape index (κ1) is 22.4. The van der Waals surface area contributed by atoms with Crippen molar-refractivity contribution in [2.75, 3.05) is 18.5 Å². The lowest BCUT2D eigenvalue weighted by Gasteiger charge is -2.36. The first-order valence-electron chi connectivity index (χ1n) is 9.92. The second kappa shape index (κ2) is 8.07. The van der Waals surface area contributed by atoms with E-state index in [-0.39, 0.29) is 5.04 Å². The van der Waals surface area contributed by atoms with E-state index >= 15 is 0 Å². The average molecular weight is 436 g/mol. The standard InChI is InChI=1S/C22H28F3N3OSi/c1-21(2,3)30(4,5)29-14-13-26-19-15-16-7-6-12-27-20(16)28(19)18-10-8-17(9-11-18)22(23,24)25/h6-12,15,26H,13-14H2,1-5H3. The van der Waals surface area contributed by atoms with Crippen molar-refractivity contribution in [1.29, 1.82) is 0 Å². The third-order valence-electron chi connectivity index (χ3n) is 5.69. The molecule has 0 fully saturated rings. The Morgan fingerprint density at radius 3 is 2.33 bits per heavy atom. The molecule has 0 unspecified atom stereocenters. The average Bonchev–Trinajstić information content (AvgIpc) is 3.02. The molecule has 0 bridgehead atoms. The summed E-state index contributed by atoms with van der Waals surface area (Å²) in [6.07, 6.45) is -2.69. The summed E-state index contributed by atoms with van der Waals surface area (Å²) in [5.41, 5.74) is 0.627. The zero-order valence-corrected chi connectivity index (χ0v) is 19.0. The van der Waals surface area contributed by atoms with Crippen LogP contribution in [0.3, 0.4) is 0 Å². The number of pyridine rings is 1. The molecule has 8 heteroatoms. The lowest BCUT2D eigenvalue weighted by molar-refractivity contribution is -0.137. The van der Waals surface area contributed by atoms with E-state index in [1.54, 1.807) is 6.20 Å². The van der Waals surface area contributed by atoms with Crippen LogP contribution in [0, 0.1) is 0 Å². The van der Waals surface area contributed by atoms with E-state index < -0.39 is 20.1 Å². The Bertz CT molecular complexity index is 1010. The van der Waals surface area contributed by atoms with Crippen molar-refractivity contribution in [2.45, 2.75) is 45.1 Å². The van der Waals surface area contributed by atoms with E-state index in [4.69, 9.17) is 4.43 Å². The maximum Gasteiger partial charge on any atom is 0.416 e. The van der Waals surface area contributed by atoms with E-state index in [1.807, 2.05) is 22.8 Å². The number of aromatic nitrogens is 2. The Hall–Kier alpha value is -2.32. The molecule has 3 aromatic rings. The van der Waals surface area contributed by atoms with Gasteiger partial charge in [-0.15, -0.1) is 0 Å². The molecule has 0 amide bonds. The molecule has 1 aromatic carbocycles. The molecule has 0 saturated heterocycles. The van der Waals surface area contributed by atoms with E-state index in [2.05, 4.69) is 44.2 Å². The third kappa shape index (κ3) is 4.70. The summed E-state index contributed by atoms with van der Waals surface area (Å²) in [5.74, 6) is 0.766. The first-order chi connectivity index (χ1) is 13.9. The van der Waals surface area contributed by atoms with Crippen molar-refractivity contribution < 1.29 is 17.6 Å². The molecule has 162 valence electrons. The fraction of sp³-hybridized carbons (Fsp3) is 0.409. The highest BCUT2D eigenvalue weighted by atomic mass is 28.4. The minimum absolute atomic E-state index is 0.131. The largest absolute Gasteiger partial charge is 0.416 e. The minimum Gasteiger partial charge on any atom is -0.415 e. The molecule has 0 aliphatic carbocycles. The van der Waals surface area contributed by atoms with Crippen molar-refractivity contribution >= 4 is 25.2 Å². The highest BCUT2D eigenvalue weighted by Gasteiger charge is 2.36. The summed E-state index contributed by atoms with van der Waals surface area (Å²) < 4.78 is 46.9. The van der Waals surface area contributed by atoms with Crippen LogP contribution in [-0.2, 0) is 10.6 Å². The number of hydrogen-bond donors (Lipinski definition) is 1.